The van der Waals surface area contributed by atoms with Crippen molar-refractivity contribution in [3.63, 3.8) is 0 Å². The summed E-state index contributed by atoms with van der Waals surface area (Å²) in [6.45, 7) is 0. The van der Waals surface area contributed by atoms with Crippen molar-refractivity contribution in [2.24, 2.45) is 0 Å². The van der Waals surface area contributed by atoms with E-state index in [2.05, 4.69) is 0 Å². The van der Waals surface area contributed by atoms with E-state index in [0.717, 1.165) is 16.2 Å². The van der Waals surface area contributed by atoms with Gasteiger partial charge in [0.15, 0.2) is 0 Å². The molecule has 0 saturated heterocycles. The van der Waals surface area contributed by atoms with E-state index in [1.165, 1.54) is 23.9 Å². The minimum atomic E-state index is -0.477. The first-order chi connectivity index (χ1) is 9.67. The predicted octanol–water partition coefficient (Wildman–Crippen LogP) is 3.53. The molecule has 1 unspecified atom stereocenters. The molecule has 0 fully saturated rings. The number of thioether (sulfide) groups is 1. The van der Waals surface area contributed by atoms with Crippen LogP contribution in [0.5, 0.6) is 5.75 Å². The molecular weight excluding hydrogens is 275 g/mol. The topological polar surface area (TPSA) is 29.5 Å². The maximum atomic E-state index is 13.0. The van der Waals surface area contributed by atoms with Gasteiger partial charge in [-0.05, 0) is 42.3 Å². The van der Waals surface area contributed by atoms with Gasteiger partial charge < -0.3 is 9.84 Å². The first kappa shape index (κ1) is 14.9. The van der Waals surface area contributed by atoms with Crippen LogP contribution in [0.1, 0.15) is 5.56 Å². The number of benzene rings is 2. The molecule has 0 bridgehead atoms. The molecule has 2 aromatic carbocycles. The lowest BCUT2D eigenvalue weighted by Crippen LogP contribution is -2.13. The quantitative estimate of drug-likeness (QED) is 0.826. The second-order valence-corrected chi connectivity index (χ2v) is 5.57. The number of halogens is 1. The van der Waals surface area contributed by atoms with E-state index in [-0.39, 0.29) is 5.82 Å². The van der Waals surface area contributed by atoms with Crippen LogP contribution in [0.4, 0.5) is 4.39 Å². The molecule has 20 heavy (non-hydrogen) atoms. The lowest BCUT2D eigenvalue weighted by Gasteiger charge is -2.11. The molecule has 0 aliphatic rings. The fourth-order valence-corrected chi connectivity index (χ4v) is 2.75. The Morgan fingerprint density at radius 3 is 2.75 bits per heavy atom. The van der Waals surface area contributed by atoms with Crippen LogP contribution in [0.3, 0.4) is 0 Å². The Bertz CT molecular complexity index is 560. The third kappa shape index (κ3) is 4.54. The summed E-state index contributed by atoms with van der Waals surface area (Å²) >= 11 is 1.45. The summed E-state index contributed by atoms with van der Waals surface area (Å²) in [6, 6.07) is 14.0. The van der Waals surface area contributed by atoms with E-state index >= 15 is 0 Å². The zero-order chi connectivity index (χ0) is 14.4. The van der Waals surface area contributed by atoms with Crippen LogP contribution in [0.2, 0.25) is 0 Å². The summed E-state index contributed by atoms with van der Waals surface area (Å²) in [4.78, 5) is 0.828. The predicted molar refractivity (Wildman–Crippen MR) is 79.8 cm³/mol. The van der Waals surface area contributed by atoms with Crippen molar-refractivity contribution < 1.29 is 14.2 Å². The summed E-state index contributed by atoms with van der Waals surface area (Å²) in [7, 11) is 1.62. The molecule has 2 rings (SSSR count). The van der Waals surface area contributed by atoms with Crippen LogP contribution in [-0.4, -0.2) is 24.1 Å². The Morgan fingerprint density at radius 2 is 2.00 bits per heavy atom. The SMILES string of the molecule is COc1cccc(CC(O)CSc2cccc(F)c2)c1. The molecule has 106 valence electrons. The number of aliphatic hydroxyl groups excluding tert-OH is 1. The van der Waals surface area contributed by atoms with Crippen molar-refractivity contribution in [2.45, 2.75) is 17.4 Å². The first-order valence-corrected chi connectivity index (χ1v) is 7.35. The standard InChI is InChI=1S/C16H17FO2S/c1-19-15-6-2-4-12(9-15)8-14(18)11-20-16-7-3-5-13(17)10-16/h2-7,9-10,14,18H,8,11H2,1H3. The Hall–Kier alpha value is -1.52. The van der Waals surface area contributed by atoms with Crippen molar-refractivity contribution in [2.75, 3.05) is 12.9 Å². The molecule has 1 atom stereocenters. The summed E-state index contributed by atoms with van der Waals surface area (Å²) in [6.07, 6.45) is 0.0786. The number of ether oxygens (including phenoxy) is 1. The summed E-state index contributed by atoms with van der Waals surface area (Å²) in [5.41, 5.74) is 1.02. The Morgan fingerprint density at radius 1 is 1.20 bits per heavy atom. The van der Waals surface area contributed by atoms with Crippen LogP contribution in [-0.2, 0) is 6.42 Å². The normalized spacial score (nSPS) is 12.2. The van der Waals surface area contributed by atoms with Crippen molar-refractivity contribution in [3.8, 4) is 5.75 Å². The van der Waals surface area contributed by atoms with Gasteiger partial charge in [-0.15, -0.1) is 11.8 Å². The maximum absolute atomic E-state index is 13.0. The Labute approximate surface area is 122 Å². The molecule has 0 radical (unpaired) electrons. The van der Waals surface area contributed by atoms with Crippen LogP contribution in [0.25, 0.3) is 0 Å². The zero-order valence-electron chi connectivity index (χ0n) is 11.3. The third-order valence-corrected chi connectivity index (χ3v) is 3.98. The highest BCUT2D eigenvalue weighted by Crippen LogP contribution is 2.21. The van der Waals surface area contributed by atoms with Crippen LogP contribution in [0, 0.1) is 5.82 Å². The van der Waals surface area contributed by atoms with Gasteiger partial charge in [-0.3, -0.25) is 0 Å². The lowest BCUT2D eigenvalue weighted by molar-refractivity contribution is 0.200. The van der Waals surface area contributed by atoms with E-state index in [4.69, 9.17) is 4.74 Å². The minimum absolute atomic E-state index is 0.253. The second kappa shape index (κ2) is 7.31. The van der Waals surface area contributed by atoms with Gasteiger partial charge in [-0.25, -0.2) is 4.39 Å². The molecule has 0 aliphatic heterocycles. The van der Waals surface area contributed by atoms with Crippen LogP contribution in [0.15, 0.2) is 53.4 Å². The molecule has 2 aromatic rings. The van der Waals surface area contributed by atoms with Gasteiger partial charge in [0, 0.05) is 10.6 Å². The highest BCUT2D eigenvalue weighted by atomic mass is 32.2. The molecule has 0 aromatic heterocycles. The van der Waals surface area contributed by atoms with Crippen molar-refractivity contribution >= 4 is 11.8 Å². The molecule has 0 amide bonds. The number of hydrogen-bond donors (Lipinski definition) is 1. The molecule has 0 spiro atoms. The molecule has 1 N–H and O–H groups in total. The summed E-state index contributed by atoms with van der Waals surface area (Å²) in [5.74, 6) is 1.06. The molecule has 0 heterocycles. The van der Waals surface area contributed by atoms with Crippen molar-refractivity contribution in [1.29, 1.82) is 0 Å². The van der Waals surface area contributed by atoms with E-state index < -0.39 is 6.10 Å². The van der Waals surface area contributed by atoms with Crippen LogP contribution < -0.4 is 4.74 Å². The van der Waals surface area contributed by atoms with Gasteiger partial charge in [0.1, 0.15) is 11.6 Å². The van der Waals surface area contributed by atoms with E-state index in [9.17, 15) is 9.50 Å². The zero-order valence-corrected chi connectivity index (χ0v) is 12.1. The fraction of sp³-hybridized carbons (Fsp3) is 0.250. The van der Waals surface area contributed by atoms with Gasteiger partial charge in [0.2, 0.25) is 0 Å². The van der Waals surface area contributed by atoms with E-state index in [0.29, 0.717) is 12.2 Å². The third-order valence-electron chi connectivity index (χ3n) is 2.84. The Kier molecular flexibility index (Phi) is 5.44. The average molecular weight is 292 g/mol. The van der Waals surface area contributed by atoms with Crippen molar-refractivity contribution in [3.05, 3.63) is 59.9 Å². The lowest BCUT2D eigenvalue weighted by atomic mass is 10.1. The largest absolute Gasteiger partial charge is 0.497 e. The molecule has 2 nitrogen and oxygen atoms in total. The maximum Gasteiger partial charge on any atom is 0.124 e. The first-order valence-electron chi connectivity index (χ1n) is 6.37. The number of methoxy groups -OCH3 is 1. The highest BCUT2D eigenvalue weighted by molar-refractivity contribution is 7.99. The van der Waals surface area contributed by atoms with E-state index in [1.807, 2.05) is 30.3 Å². The van der Waals surface area contributed by atoms with Gasteiger partial charge in [0.25, 0.3) is 0 Å². The van der Waals surface area contributed by atoms with Gasteiger partial charge >= 0.3 is 0 Å². The number of aliphatic hydroxyl groups is 1. The fourth-order valence-electron chi connectivity index (χ4n) is 1.88. The monoisotopic (exact) mass is 292 g/mol. The highest BCUT2D eigenvalue weighted by Gasteiger charge is 2.07. The molecule has 0 aliphatic carbocycles. The average Bonchev–Trinajstić information content (AvgIpc) is 2.45. The smallest absolute Gasteiger partial charge is 0.124 e. The number of hydrogen-bond acceptors (Lipinski definition) is 3. The minimum Gasteiger partial charge on any atom is -0.497 e. The second-order valence-electron chi connectivity index (χ2n) is 4.48. The molecule has 0 saturated carbocycles. The molecule has 4 heteroatoms. The van der Waals surface area contributed by atoms with Crippen LogP contribution >= 0.6 is 11.8 Å². The molecular formula is C16H17FO2S. The van der Waals surface area contributed by atoms with Crippen molar-refractivity contribution in [1.82, 2.24) is 0 Å². The number of rotatable bonds is 6. The van der Waals surface area contributed by atoms with Gasteiger partial charge in [0.05, 0.1) is 13.2 Å². The Balaban J connectivity index is 1.87. The van der Waals surface area contributed by atoms with Gasteiger partial charge in [-0.2, -0.15) is 0 Å². The van der Waals surface area contributed by atoms with Gasteiger partial charge in [-0.1, -0.05) is 18.2 Å². The summed E-state index contributed by atoms with van der Waals surface area (Å²) < 4.78 is 18.2. The summed E-state index contributed by atoms with van der Waals surface area (Å²) in [5, 5.41) is 10.0. The van der Waals surface area contributed by atoms with E-state index in [1.54, 1.807) is 13.2 Å².